The van der Waals surface area contributed by atoms with Crippen molar-refractivity contribution in [3.63, 3.8) is 0 Å². The molecule has 0 amide bonds. The predicted molar refractivity (Wildman–Crippen MR) is 82.4 cm³/mol. The summed E-state index contributed by atoms with van der Waals surface area (Å²) in [5, 5.41) is 0. The van der Waals surface area contributed by atoms with E-state index in [-0.39, 0.29) is 0 Å². The minimum Gasteiger partial charge on any atom is -0.497 e. The second kappa shape index (κ2) is 5.76. The van der Waals surface area contributed by atoms with Gasteiger partial charge < -0.3 is 9.47 Å². The van der Waals surface area contributed by atoms with E-state index >= 15 is 0 Å². The molecule has 102 valence electrons. The molecule has 2 aromatic heterocycles. The molecule has 0 saturated heterocycles. The van der Waals surface area contributed by atoms with Gasteiger partial charge in [-0.2, -0.15) is 0 Å². The standard InChI is InChI=1S/C14H11BrN2O2S/c1-18-10-4-2-9(3-5-10)7-19-14-13-11(16-8-17-14)6-12(15)20-13/h2-6,8H,7H2,1H3. The van der Waals surface area contributed by atoms with Crippen LogP contribution in [0.1, 0.15) is 5.56 Å². The molecule has 0 saturated carbocycles. The summed E-state index contributed by atoms with van der Waals surface area (Å²) in [4.78, 5) is 8.41. The van der Waals surface area contributed by atoms with Gasteiger partial charge in [0, 0.05) is 0 Å². The quantitative estimate of drug-likeness (QED) is 0.712. The second-order valence-corrected chi connectivity index (χ2v) is 6.51. The third-order valence-electron chi connectivity index (χ3n) is 2.78. The summed E-state index contributed by atoms with van der Waals surface area (Å²) in [6, 6.07) is 9.73. The summed E-state index contributed by atoms with van der Waals surface area (Å²) in [6.07, 6.45) is 1.52. The Morgan fingerprint density at radius 1 is 1.20 bits per heavy atom. The summed E-state index contributed by atoms with van der Waals surface area (Å²) in [5.41, 5.74) is 1.95. The molecule has 0 fully saturated rings. The number of thiophene rings is 1. The molecule has 0 N–H and O–H groups in total. The van der Waals surface area contributed by atoms with Crippen molar-refractivity contribution in [1.82, 2.24) is 9.97 Å². The van der Waals surface area contributed by atoms with E-state index in [9.17, 15) is 0 Å². The van der Waals surface area contributed by atoms with E-state index < -0.39 is 0 Å². The second-order valence-electron chi connectivity index (χ2n) is 4.08. The molecule has 3 aromatic rings. The first kappa shape index (κ1) is 13.3. The number of hydrogen-bond acceptors (Lipinski definition) is 5. The summed E-state index contributed by atoms with van der Waals surface area (Å²) < 4.78 is 12.9. The fourth-order valence-electron chi connectivity index (χ4n) is 1.78. The lowest BCUT2D eigenvalue weighted by molar-refractivity contribution is 0.298. The van der Waals surface area contributed by atoms with Crippen molar-refractivity contribution in [3.05, 3.63) is 46.0 Å². The number of aromatic nitrogens is 2. The largest absolute Gasteiger partial charge is 0.497 e. The Hall–Kier alpha value is -1.66. The normalized spacial score (nSPS) is 10.7. The van der Waals surface area contributed by atoms with Crippen LogP contribution in [-0.2, 0) is 6.61 Å². The number of nitrogens with zero attached hydrogens (tertiary/aromatic N) is 2. The lowest BCUT2D eigenvalue weighted by Crippen LogP contribution is -1.97. The lowest BCUT2D eigenvalue weighted by Gasteiger charge is -2.06. The molecule has 1 aromatic carbocycles. The number of fused-ring (bicyclic) bond motifs is 1. The molecule has 4 nitrogen and oxygen atoms in total. The van der Waals surface area contributed by atoms with E-state index in [0.717, 1.165) is 25.3 Å². The third kappa shape index (κ3) is 2.76. The zero-order valence-corrected chi connectivity index (χ0v) is 13.1. The van der Waals surface area contributed by atoms with Crippen molar-refractivity contribution in [2.45, 2.75) is 6.61 Å². The maximum absolute atomic E-state index is 5.79. The Kier molecular flexibility index (Phi) is 3.84. The van der Waals surface area contributed by atoms with Crippen LogP contribution in [0.3, 0.4) is 0 Å². The fraction of sp³-hybridized carbons (Fsp3) is 0.143. The minimum absolute atomic E-state index is 0.464. The van der Waals surface area contributed by atoms with E-state index in [1.54, 1.807) is 18.4 Å². The number of hydrogen-bond donors (Lipinski definition) is 0. The van der Waals surface area contributed by atoms with Crippen molar-refractivity contribution in [3.8, 4) is 11.6 Å². The maximum Gasteiger partial charge on any atom is 0.235 e. The molecular weight excluding hydrogens is 340 g/mol. The van der Waals surface area contributed by atoms with Crippen LogP contribution < -0.4 is 9.47 Å². The molecule has 0 aliphatic carbocycles. The molecule has 0 atom stereocenters. The molecule has 2 heterocycles. The molecule has 0 aliphatic rings. The molecule has 20 heavy (non-hydrogen) atoms. The van der Waals surface area contributed by atoms with Crippen LogP contribution in [0.5, 0.6) is 11.6 Å². The molecular formula is C14H11BrN2O2S. The van der Waals surface area contributed by atoms with Gasteiger partial charge in [-0.05, 0) is 39.7 Å². The number of ether oxygens (including phenoxy) is 2. The number of methoxy groups -OCH3 is 1. The van der Waals surface area contributed by atoms with Crippen LogP contribution >= 0.6 is 27.3 Å². The van der Waals surface area contributed by atoms with E-state index in [4.69, 9.17) is 9.47 Å². The maximum atomic E-state index is 5.79. The van der Waals surface area contributed by atoms with Gasteiger partial charge in [-0.25, -0.2) is 9.97 Å². The number of halogens is 1. The first-order valence-corrected chi connectivity index (χ1v) is 7.53. The highest BCUT2D eigenvalue weighted by atomic mass is 79.9. The Morgan fingerprint density at radius 3 is 2.75 bits per heavy atom. The Labute approximate surface area is 128 Å². The van der Waals surface area contributed by atoms with E-state index in [1.807, 2.05) is 30.3 Å². The summed E-state index contributed by atoms with van der Waals surface area (Å²) in [7, 11) is 1.65. The van der Waals surface area contributed by atoms with Crippen molar-refractivity contribution in [2.75, 3.05) is 7.11 Å². The summed E-state index contributed by atoms with van der Waals surface area (Å²) in [6.45, 7) is 0.464. The molecule has 0 spiro atoms. The van der Waals surface area contributed by atoms with Gasteiger partial charge in [0.1, 0.15) is 23.4 Å². The minimum atomic E-state index is 0.464. The van der Waals surface area contributed by atoms with Gasteiger partial charge in [0.2, 0.25) is 5.88 Å². The molecule has 0 radical (unpaired) electrons. The van der Waals surface area contributed by atoms with Gasteiger partial charge in [-0.15, -0.1) is 11.3 Å². The first-order valence-electron chi connectivity index (χ1n) is 5.92. The highest BCUT2D eigenvalue weighted by Gasteiger charge is 2.09. The van der Waals surface area contributed by atoms with Crippen molar-refractivity contribution in [1.29, 1.82) is 0 Å². The summed E-state index contributed by atoms with van der Waals surface area (Å²) >= 11 is 5.02. The topological polar surface area (TPSA) is 44.2 Å². The average Bonchev–Trinajstić information content (AvgIpc) is 2.86. The number of benzene rings is 1. The zero-order valence-electron chi connectivity index (χ0n) is 10.7. The van der Waals surface area contributed by atoms with Gasteiger partial charge in [0.15, 0.2) is 0 Å². The van der Waals surface area contributed by atoms with Crippen LogP contribution in [0.4, 0.5) is 0 Å². The van der Waals surface area contributed by atoms with Crippen molar-refractivity contribution in [2.24, 2.45) is 0 Å². The summed E-state index contributed by atoms with van der Waals surface area (Å²) in [5.74, 6) is 1.45. The molecule has 0 unspecified atom stereocenters. The van der Waals surface area contributed by atoms with Crippen molar-refractivity contribution < 1.29 is 9.47 Å². The van der Waals surface area contributed by atoms with Crippen LogP contribution in [-0.4, -0.2) is 17.1 Å². The van der Waals surface area contributed by atoms with Gasteiger partial charge in [0.25, 0.3) is 0 Å². The third-order valence-corrected chi connectivity index (χ3v) is 4.40. The molecule has 3 rings (SSSR count). The van der Waals surface area contributed by atoms with Gasteiger partial charge in [0.05, 0.1) is 16.4 Å². The fourth-order valence-corrected chi connectivity index (χ4v) is 3.26. The van der Waals surface area contributed by atoms with E-state index in [0.29, 0.717) is 12.5 Å². The lowest BCUT2D eigenvalue weighted by atomic mass is 10.2. The van der Waals surface area contributed by atoms with Crippen LogP contribution in [0, 0.1) is 0 Å². The molecule has 0 aliphatic heterocycles. The predicted octanol–water partition coefficient (Wildman–Crippen LogP) is 4.04. The van der Waals surface area contributed by atoms with E-state index in [2.05, 4.69) is 25.9 Å². The van der Waals surface area contributed by atoms with Crippen LogP contribution in [0.2, 0.25) is 0 Å². The smallest absolute Gasteiger partial charge is 0.235 e. The Morgan fingerprint density at radius 2 is 2.00 bits per heavy atom. The average molecular weight is 351 g/mol. The van der Waals surface area contributed by atoms with Gasteiger partial charge in [-0.1, -0.05) is 12.1 Å². The van der Waals surface area contributed by atoms with Crippen molar-refractivity contribution >= 4 is 37.5 Å². The first-order chi connectivity index (χ1) is 9.76. The monoisotopic (exact) mass is 350 g/mol. The van der Waals surface area contributed by atoms with E-state index in [1.165, 1.54) is 6.33 Å². The highest BCUT2D eigenvalue weighted by Crippen LogP contribution is 2.33. The van der Waals surface area contributed by atoms with Crippen LogP contribution in [0.15, 0.2) is 40.4 Å². The number of rotatable bonds is 4. The SMILES string of the molecule is COc1ccc(COc2ncnc3cc(Br)sc23)cc1. The Balaban J connectivity index is 1.79. The Bertz CT molecular complexity index is 728. The zero-order chi connectivity index (χ0) is 13.9. The van der Waals surface area contributed by atoms with Gasteiger partial charge >= 0.3 is 0 Å². The van der Waals surface area contributed by atoms with Gasteiger partial charge in [-0.3, -0.25) is 0 Å². The molecule has 6 heteroatoms. The highest BCUT2D eigenvalue weighted by molar-refractivity contribution is 9.11. The van der Waals surface area contributed by atoms with Crippen LogP contribution in [0.25, 0.3) is 10.2 Å². The molecule has 0 bridgehead atoms.